The highest BCUT2D eigenvalue weighted by Gasteiger charge is 2.29. The minimum Gasteiger partial charge on any atom is -0.373 e. The zero-order valence-corrected chi connectivity index (χ0v) is 12.1. The minimum atomic E-state index is -0.359. The van der Waals surface area contributed by atoms with Crippen LogP contribution in [0.5, 0.6) is 0 Å². The Morgan fingerprint density at radius 2 is 2.06 bits per heavy atom. The molecular weight excluding hydrogens is 300 g/mol. The summed E-state index contributed by atoms with van der Waals surface area (Å²) in [6.07, 6.45) is 4.99. The molecule has 1 unspecified atom stereocenters. The van der Waals surface area contributed by atoms with Gasteiger partial charge in [-0.3, -0.25) is 0 Å². The van der Waals surface area contributed by atoms with Crippen LogP contribution in [0.4, 0.5) is 0 Å². The molecule has 1 aromatic rings. The number of fused-ring (bicyclic) bond motifs is 1. The molecule has 3 heterocycles. The number of thioether (sulfide) groups is 1. The molecule has 0 radical (unpaired) electrons. The smallest absolute Gasteiger partial charge is 0.132 e. The molecule has 0 aliphatic carbocycles. The zero-order chi connectivity index (χ0) is 11.8. The summed E-state index contributed by atoms with van der Waals surface area (Å²) in [7, 11) is 0. The van der Waals surface area contributed by atoms with Crippen molar-refractivity contribution >= 4 is 27.7 Å². The van der Waals surface area contributed by atoms with Crippen molar-refractivity contribution in [3.05, 3.63) is 16.1 Å². The summed E-state index contributed by atoms with van der Waals surface area (Å²) in [4.78, 5) is 4.68. The van der Waals surface area contributed by atoms with Gasteiger partial charge in [-0.2, -0.15) is 11.8 Å². The van der Waals surface area contributed by atoms with Gasteiger partial charge in [0, 0.05) is 5.92 Å². The number of hydrogen-bond acceptors (Lipinski definition) is 3. The summed E-state index contributed by atoms with van der Waals surface area (Å²) in [6.45, 7) is 0. The Morgan fingerprint density at radius 3 is 2.82 bits per heavy atom. The van der Waals surface area contributed by atoms with Crippen molar-refractivity contribution in [2.24, 2.45) is 0 Å². The molecule has 2 aliphatic rings. The summed E-state index contributed by atoms with van der Waals surface area (Å²) in [6, 6.07) is 0. The van der Waals surface area contributed by atoms with Crippen LogP contribution in [0.25, 0.3) is 0 Å². The first-order valence-electron chi connectivity index (χ1n) is 6.29. The van der Waals surface area contributed by atoms with E-state index in [0.29, 0.717) is 5.92 Å². The summed E-state index contributed by atoms with van der Waals surface area (Å²) < 4.78 is 3.04. The number of halogens is 1. The van der Waals surface area contributed by atoms with Crippen LogP contribution in [0.15, 0.2) is 4.60 Å². The number of nitrogens with zero attached hydrogens (tertiary/aromatic N) is 2. The summed E-state index contributed by atoms with van der Waals surface area (Å²) in [5, 5.41) is 10.2. The van der Waals surface area contributed by atoms with Gasteiger partial charge in [0.25, 0.3) is 0 Å². The van der Waals surface area contributed by atoms with Gasteiger partial charge in [-0.1, -0.05) is 0 Å². The average Bonchev–Trinajstić information content (AvgIpc) is 2.70. The van der Waals surface area contributed by atoms with Crippen LogP contribution in [0.2, 0.25) is 0 Å². The Hall–Kier alpha value is -0.000000000000000111. The number of aliphatic hydroxyl groups excluding tert-OH is 1. The normalized spacial score (nSPS) is 25.9. The molecule has 0 aromatic carbocycles. The maximum Gasteiger partial charge on any atom is 0.132 e. The number of imidazole rings is 1. The molecule has 0 amide bonds. The van der Waals surface area contributed by atoms with Gasteiger partial charge in [0.05, 0.1) is 5.69 Å². The molecule has 0 bridgehead atoms. The predicted molar refractivity (Wildman–Crippen MR) is 73.4 cm³/mol. The van der Waals surface area contributed by atoms with Crippen LogP contribution in [-0.4, -0.2) is 26.2 Å². The van der Waals surface area contributed by atoms with Crippen molar-refractivity contribution in [3.8, 4) is 0 Å². The van der Waals surface area contributed by atoms with Crippen molar-refractivity contribution in [1.29, 1.82) is 0 Å². The highest BCUT2D eigenvalue weighted by atomic mass is 79.9. The van der Waals surface area contributed by atoms with E-state index in [1.54, 1.807) is 0 Å². The van der Waals surface area contributed by atoms with E-state index in [9.17, 15) is 5.11 Å². The molecule has 1 saturated heterocycles. The Morgan fingerprint density at radius 1 is 1.29 bits per heavy atom. The van der Waals surface area contributed by atoms with Crippen LogP contribution in [0.1, 0.15) is 49.3 Å². The second kappa shape index (κ2) is 4.94. The molecule has 17 heavy (non-hydrogen) atoms. The zero-order valence-electron chi connectivity index (χ0n) is 9.73. The highest BCUT2D eigenvalue weighted by Crippen LogP contribution is 2.37. The van der Waals surface area contributed by atoms with E-state index < -0.39 is 0 Å². The lowest BCUT2D eigenvalue weighted by Gasteiger charge is -2.27. The first kappa shape index (κ1) is 12.1. The van der Waals surface area contributed by atoms with E-state index in [-0.39, 0.29) is 6.23 Å². The molecule has 94 valence electrons. The van der Waals surface area contributed by atoms with E-state index >= 15 is 0 Å². The molecule has 5 heteroatoms. The van der Waals surface area contributed by atoms with E-state index in [0.717, 1.165) is 29.7 Å². The van der Waals surface area contributed by atoms with Gasteiger partial charge in [0.15, 0.2) is 0 Å². The van der Waals surface area contributed by atoms with Crippen molar-refractivity contribution in [2.75, 3.05) is 11.5 Å². The fourth-order valence-corrected chi connectivity index (χ4v) is 4.52. The van der Waals surface area contributed by atoms with Gasteiger partial charge in [-0.25, -0.2) is 4.98 Å². The first-order valence-corrected chi connectivity index (χ1v) is 8.24. The number of hydrogen-bond donors (Lipinski definition) is 1. The topological polar surface area (TPSA) is 38.1 Å². The van der Waals surface area contributed by atoms with Crippen LogP contribution >= 0.6 is 27.7 Å². The third kappa shape index (κ3) is 2.17. The van der Waals surface area contributed by atoms with Gasteiger partial charge in [0.2, 0.25) is 0 Å². The molecule has 1 aromatic heterocycles. The summed E-state index contributed by atoms with van der Waals surface area (Å²) in [5.41, 5.74) is 1.19. The van der Waals surface area contributed by atoms with Crippen LogP contribution in [-0.2, 0) is 6.42 Å². The molecule has 3 nitrogen and oxygen atoms in total. The fourth-order valence-electron chi connectivity index (χ4n) is 2.84. The third-order valence-electron chi connectivity index (χ3n) is 3.75. The molecular formula is C12H17BrN2OS. The van der Waals surface area contributed by atoms with E-state index in [4.69, 9.17) is 0 Å². The monoisotopic (exact) mass is 316 g/mol. The summed E-state index contributed by atoms with van der Waals surface area (Å²) >= 11 is 5.58. The predicted octanol–water partition coefficient (Wildman–Crippen LogP) is 3.08. The SMILES string of the molecule is OC1CCCc2c(Br)nc(C3CCSCC3)n21. The van der Waals surface area contributed by atoms with Crippen molar-refractivity contribution in [3.63, 3.8) is 0 Å². The molecule has 1 fully saturated rings. The van der Waals surface area contributed by atoms with Gasteiger partial charge in [-0.05, 0) is 59.5 Å². The van der Waals surface area contributed by atoms with Crippen LogP contribution in [0, 0.1) is 0 Å². The van der Waals surface area contributed by atoms with E-state index in [2.05, 4.69) is 25.5 Å². The Bertz CT molecular complexity index is 415. The lowest BCUT2D eigenvalue weighted by atomic mass is 10.0. The van der Waals surface area contributed by atoms with Gasteiger partial charge < -0.3 is 9.67 Å². The molecule has 1 atom stereocenters. The number of aliphatic hydroxyl groups is 1. The lowest BCUT2D eigenvalue weighted by Crippen LogP contribution is -2.22. The molecule has 0 saturated carbocycles. The van der Waals surface area contributed by atoms with Crippen LogP contribution < -0.4 is 0 Å². The minimum absolute atomic E-state index is 0.359. The van der Waals surface area contributed by atoms with Gasteiger partial charge in [-0.15, -0.1) is 0 Å². The summed E-state index contributed by atoms with van der Waals surface area (Å²) in [5.74, 6) is 4.09. The quantitative estimate of drug-likeness (QED) is 0.865. The fraction of sp³-hybridized carbons (Fsp3) is 0.750. The number of aromatic nitrogens is 2. The Kier molecular flexibility index (Phi) is 3.50. The average molecular weight is 317 g/mol. The molecule has 0 spiro atoms. The number of rotatable bonds is 1. The second-order valence-corrected chi connectivity index (χ2v) is 6.81. The maximum absolute atomic E-state index is 10.2. The maximum atomic E-state index is 10.2. The lowest BCUT2D eigenvalue weighted by molar-refractivity contribution is 0.0742. The van der Waals surface area contributed by atoms with Gasteiger partial charge in [0.1, 0.15) is 16.7 Å². The van der Waals surface area contributed by atoms with Crippen LogP contribution in [0.3, 0.4) is 0 Å². The molecule has 1 N–H and O–H groups in total. The van der Waals surface area contributed by atoms with Gasteiger partial charge >= 0.3 is 0 Å². The molecule has 2 aliphatic heterocycles. The van der Waals surface area contributed by atoms with Crippen molar-refractivity contribution in [1.82, 2.24) is 9.55 Å². The largest absolute Gasteiger partial charge is 0.373 e. The second-order valence-electron chi connectivity index (χ2n) is 4.84. The molecule has 3 rings (SSSR count). The third-order valence-corrected chi connectivity index (χ3v) is 5.43. The van der Waals surface area contributed by atoms with Crippen molar-refractivity contribution < 1.29 is 5.11 Å². The Balaban J connectivity index is 1.98. The van der Waals surface area contributed by atoms with E-state index in [1.165, 1.54) is 30.0 Å². The standard InChI is InChI=1S/C12H17BrN2OS/c13-11-9-2-1-3-10(16)15(9)12(14-11)8-4-6-17-7-5-8/h8,10,16H,1-7H2. The van der Waals surface area contributed by atoms with E-state index in [1.807, 2.05) is 11.8 Å². The van der Waals surface area contributed by atoms with Crippen molar-refractivity contribution in [2.45, 2.75) is 44.2 Å². The highest BCUT2D eigenvalue weighted by molar-refractivity contribution is 9.10. The Labute approximate surface area is 114 Å². The first-order chi connectivity index (χ1) is 8.27.